The van der Waals surface area contributed by atoms with Crippen LogP contribution in [0.2, 0.25) is 5.02 Å². The number of anilines is 3. The molecule has 1 aliphatic rings. The van der Waals surface area contributed by atoms with Crippen molar-refractivity contribution in [3.05, 3.63) is 76.8 Å². The Morgan fingerprint density at radius 3 is 2.23 bits per heavy atom. The van der Waals surface area contributed by atoms with Crippen molar-refractivity contribution in [2.45, 2.75) is 13.3 Å². The molecular formula is C29H31ClN4O6. The molecule has 0 radical (unpaired) electrons. The molecule has 0 unspecified atom stereocenters. The first-order valence-corrected chi connectivity index (χ1v) is 13.0. The van der Waals surface area contributed by atoms with Crippen LogP contribution >= 0.6 is 11.6 Å². The third-order valence-electron chi connectivity index (χ3n) is 6.40. The summed E-state index contributed by atoms with van der Waals surface area (Å²) in [6.45, 7) is 4.10. The molecular weight excluding hydrogens is 536 g/mol. The van der Waals surface area contributed by atoms with Crippen LogP contribution in [0.25, 0.3) is 0 Å². The summed E-state index contributed by atoms with van der Waals surface area (Å²) in [4.78, 5) is 40.4. The summed E-state index contributed by atoms with van der Waals surface area (Å²) in [5, 5.41) is 5.89. The van der Waals surface area contributed by atoms with Crippen molar-refractivity contribution >= 4 is 46.8 Å². The van der Waals surface area contributed by atoms with E-state index in [0.717, 1.165) is 11.3 Å². The van der Waals surface area contributed by atoms with E-state index in [1.807, 2.05) is 43.3 Å². The third kappa shape index (κ3) is 7.35. The van der Waals surface area contributed by atoms with Gasteiger partial charge in [0.05, 0.1) is 31.4 Å². The molecule has 0 atom stereocenters. The number of benzene rings is 3. The van der Waals surface area contributed by atoms with Gasteiger partial charge in [-0.25, -0.2) is 9.59 Å². The molecule has 1 aliphatic heterocycles. The summed E-state index contributed by atoms with van der Waals surface area (Å²) in [5.41, 5.74) is 3.88. The first-order chi connectivity index (χ1) is 19.2. The Bertz CT molecular complexity index is 1370. The Morgan fingerprint density at radius 2 is 1.57 bits per heavy atom. The first kappa shape index (κ1) is 28.6. The number of ether oxygens (including phenoxy) is 3. The minimum Gasteiger partial charge on any atom is -0.495 e. The molecule has 4 rings (SSSR count). The fraction of sp³-hybridized carbons (Fsp3) is 0.276. The molecule has 0 spiro atoms. The van der Waals surface area contributed by atoms with Gasteiger partial charge in [-0.2, -0.15) is 0 Å². The zero-order valence-electron chi connectivity index (χ0n) is 22.5. The summed E-state index contributed by atoms with van der Waals surface area (Å²) in [6.07, 6.45) is -0.405. The third-order valence-corrected chi connectivity index (χ3v) is 6.70. The summed E-state index contributed by atoms with van der Waals surface area (Å²) in [7, 11) is 2.87. The maximum absolute atomic E-state index is 12.7. The minimum atomic E-state index is -0.488. The number of methoxy groups -OCH3 is 2. The molecule has 210 valence electrons. The molecule has 1 fully saturated rings. The van der Waals surface area contributed by atoms with Crippen molar-refractivity contribution < 1.29 is 28.6 Å². The molecule has 3 amide bonds. The second-order valence-corrected chi connectivity index (χ2v) is 9.60. The van der Waals surface area contributed by atoms with Gasteiger partial charge in [0.2, 0.25) is 0 Å². The number of esters is 1. The fourth-order valence-electron chi connectivity index (χ4n) is 4.24. The average molecular weight is 567 g/mol. The van der Waals surface area contributed by atoms with Crippen LogP contribution in [0, 0.1) is 6.92 Å². The molecule has 0 bridgehead atoms. The van der Waals surface area contributed by atoms with Gasteiger partial charge in [0, 0.05) is 37.6 Å². The molecule has 0 aromatic heterocycles. The number of carbonyl (C=O) groups excluding carboxylic acids is 3. The van der Waals surface area contributed by atoms with Crippen LogP contribution in [0.15, 0.2) is 60.7 Å². The number of piperazine rings is 1. The highest BCUT2D eigenvalue weighted by atomic mass is 35.5. The number of hydrogen-bond acceptors (Lipinski definition) is 7. The Kier molecular flexibility index (Phi) is 9.34. The summed E-state index contributed by atoms with van der Waals surface area (Å²) in [6, 6.07) is 17.5. The Balaban J connectivity index is 1.27. The van der Waals surface area contributed by atoms with Gasteiger partial charge in [-0.15, -0.1) is 0 Å². The molecule has 11 heteroatoms. The predicted molar refractivity (Wildman–Crippen MR) is 154 cm³/mol. The van der Waals surface area contributed by atoms with Crippen LogP contribution in [0.3, 0.4) is 0 Å². The number of carbonyl (C=O) groups is 3. The average Bonchev–Trinajstić information content (AvgIpc) is 2.95. The van der Waals surface area contributed by atoms with Gasteiger partial charge < -0.3 is 34.6 Å². The molecule has 40 heavy (non-hydrogen) atoms. The van der Waals surface area contributed by atoms with Gasteiger partial charge in [-0.1, -0.05) is 23.7 Å². The molecule has 0 aliphatic carbocycles. The van der Waals surface area contributed by atoms with Gasteiger partial charge >= 0.3 is 18.1 Å². The highest BCUT2D eigenvalue weighted by Crippen LogP contribution is 2.28. The van der Waals surface area contributed by atoms with Gasteiger partial charge in [-0.3, -0.25) is 4.79 Å². The van der Waals surface area contributed by atoms with E-state index in [9.17, 15) is 14.4 Å². The summed E-state index contributed by atoms with van der Waals surface area (Å²) < 4.78 is 15.5. The molecule has 10 nitrogen and oxygen atoms in total. The smallest absolute Gasteiger partial charge is 0.415 e. The van der Waals surface area contributed by atoms with E-state index >= 15 is 0 Å². The number of rotatable bonds is 7. The molecule has 3 aromatic carbocycles. The first-order valence-electron chi connectivity index (χ1n) is 12.7. The normalized spacial score (nSPS) is 12.9. The topological polar surface area (TPSA) is 109 Å². The number of nitrogens with one attached hydrogen (secondary N) is 2. The lowest BCUT2D eigenvalue weighted by Crippen LogP contribution is -2.49. The van der Waals surface area contributed by atoms with Gasteiger partial charge in [-0.05, 0) is 66.6 Å². The zero-order chi connectivity index (χ0) is 28.6. The van der Waals surface area contributed by atoms with Crippen molar-refractivity contribution in [2.75, 3.05) is 55.9 Å². The van der Waals surface area contributed by atoms with Gasteiger partial charge in [0.25, 0.3) is 0 Å². The largest absolute Gasteiger partial charge is 0.495 e. The number of urea groups is 1. The summed E-state index contributed by atoms with van der Waals surface area (Å²) in [5.74, 6) is 0.431. The van der Waals surface area contributed by atoms with Crippen molar-refractivity contribution in [1.29, 1.82) is 0 Å². The Labute approximate surface area is 237 Å². The molecule has 1 saturated heterocycles. The van der Waals surface area contributed by atoms with Crippen molar-refractivity contribution in [1.82, 2.24) is 4.90 Å². The standard InChI is InChI=1S/C29H31ClN4O6/c1-19-4-10-26(38-2)24(16-19)32-28(36)31-21-6-8-22(9-7-21)33-12-14-34(15-13-33)29(37)40-25-11-5-20(17-23(25)30)18-27(35)39-3/h4-11,16-17H,12-15,18H2,1-3H3,(H2,31,32,36). The van der Waals surface area contributed by atoms with E-state index in [2.05, 4.69) is 20.3 Å². The van der Waals surface area contributed by atoms with Crippen LogP contribution < -0.4 is 25.0 Å². The Hall–Kier alpha value is -4.44. The molecule has 1 heterocycles. The van der Waals surface area contributed by atoms with E-state index < -0.39 is 6.09 Å². The van der Waals surface area contributed by atoms with E-state index in [0.29, 0.717) is 48.9 Å². The molecule has 3 aromatic rings. The van der Waals surface area contributed by atoms with Crippen LogP contribution in [-0.4, -0.2) is 63.4 Å². The lowest BCUT2D eigenvalue weighted by molar-refractivity contribution is -0.139. The van der Waals surface area contributed by atoms with Crippen LogP contribution in [0.1, 0.15) is 11.1 Å². The number of hydrogen-bond donors (Lipinski definition) is 2. The lowest BCUT2D eigenvalue weighted by atomic mass is 10.1. The minimum absolute atomic E-state index is 0.0826. The van der Waals surface area contributed by atoms with E-state index in [-0.39, 0.29) is 29.2 Å². The monoisotopic (exact) mass is 566 g/mol. The quantitative estimate of drug-likeness (QED) is 0.372. The van der Waals surface area contributed by atoms with Gasteiger partial charge in [0.1, 0.15) is 5.75 Å². The zero-order valence-corrected chi connectivity index (χ0v) is 23.3. The fourth-order valence-corrected chi connectivity index (χ4v) is 4.48. The molecule has 0 saturated carbocycles. The molecule has 2 N–H and O–H groups in total. The Morgan fingerprint density at radius 1 is 0.875 bits per heavy atom. The van der Waals surface area contributed by atoms with Crippen molar-refractivity contribution in [2.24, 2.45) is 0 Å². The maximum Gasteiger partial charge on any atom is 0.415 e. The highest BCUT2D eigenvalue weighted by molar-refractivity contribution is 6.32. The number of nitrogens with zero attached hydrogens (tertiary/aromatic N) is 2. The van der Waals surface area contributed by atoms with Crippen molar-refractivity contribution in [3.63, 3.8) is 0 Å². The van der Waals surface area contributed by atoms with E-state index in [1.54, 1.807) is 36.3 Å². The van der Waals surface area contributed by atoms with E-state index in [1.165, 1.54) is 7.11 Å². The number of aryl methyl sites for hydroxylation is 1. The summed E-state index contributed by atoms with van der Waals surface area (Å²) >= 11 is 6.25. The lowest BCUT2D eigenvalue weighted by Gasteiger charge is -2.35. The SMILES string of the molecule is COC(=O)Cc1ccc(OC(=O)N2CCN(c3ccc(NC(=O)Nc4cc(C)ccc4OC)cc3)CC2)c(Cl)c1. The second-order valence-electron chi connectivity index (χ2n) is 9.19. The second kappa shape index (κ2) is 13.1. The van der Waals surface area contributed by atoms with Crippen LogP contribution in [0.5, 0.6) is 11.5 Å². The van der Waals surface area contributed by atoms with Crippen LogP contribution in [0.4, 0.5) is 26.7 Å². The van der Waals surface area contributed by atoms with E-state index in [4.69, 9.17) is 21.1 Å². The maximum atomic E-state index is 12.7. The van der Waals surface area contributed by atoms with Gasteiger partial charge in [0.15, 0.2) is 5.75 Å². The van der Waals surface area contributed by atoms with Crippen molar-refractivity contribution in [3.8, 4) is 11.5 Å². The number of amides is 3. The number of halogens is 1. The highest BCUT2D eigenvalue weighted by Gasteiger charge is 2.24. The van der Waals surface area contributed by atoms with Crippen LogP contribution in [-0.2, 0) is 16.0 Å². The predicted octanol–water partition coefficient (Wildman–Crippen LogP) is 5.34.